The largest absolute Gasteiger partial charge is 0.347 e. The normalized spacial score (nSPS) is 23.9. The monoisotopic (exact) mass is 366 g/mol. The molecule has 1 spiro atoms. The van der Waals surface area contributed by atoms with Crippen LogP contribution in [0.3, 0.4) is 0 Å². The van der Waals surface area contributed by atoms with Crippen LogP contribution in [0.2, 0.25) is 0 Å². The second kappa shape index (κ2) is 6.35. The molecule has 1 N–H and O–H groups in total. The molecule has 3 aliphatic heterocycles. The molecule has 8 heteroatoms. The van der Waals surface area contributed by atoms with Gasteiger partial charge in [-0.25, -0.2) is 8.42 Å². The van der Waals surface area contributed by atoms with Crippen LogP contribution in [0, 0.1) is 0 Å². The third-order valence-corrected chi connectivity index (χ3v) is 7.03. The number of aryl methyl sites for hydroxylation is 1. The number of ether oxygens (including phenoxy) is 2. The maximum absolute atomic E-state index is 13.0. The van der Waals surface area contributed by atoms with Gasteiger partial charge in [-0.3, -0.25) is 4.79 Å². The van der Waals surface area contributed by atoms with Crippen LogP contribution in [-0.4, -0.2) is 50.7 Å². The Bertz CT molecular complexity index is 776. The van der Waals surface area contributed by atoms with Crippen molar-refractivity contribution in [3.63, 3.8) is 0 Å². The van der Waals surface area contributed by atoms with Gasteiger partial charge >= 0.3 is 0 Å². The number of sulfonamides is 1. The first kappa shape index (κ1) is 17.0. The fraction of sp³-hybridized carbons (Fsp3) is 0.588. The van der Waals surface area contributed by atoms with Crippen molar-refractivity contribution in [3.8, 4) is 0 Å². The first-order valence-corrected chi connectivity index (χ1v) is 10.1. The number of carbonyl (C=O) groups is 1. The first-order valence-electron chi connectivity index (χ1n) is 8.69. The molecule has 2 saturated heterocycles. The average Bonchev–Trinajstić information content (AvgIpc) is 2.95. The second-order valence-corrected chi connectivity index (χ2v) is 8.67. The Kier molecular flexibility index (Phi) is 4.31. The van der Waals surface area contributed by atoms with E-state index < -0.39 is 15.8 Å². The average molecular weight is 366 g/mol. The van der Waals surface area contributed by atoms with Crippen LogP contribution in [-0.2, 0) is 30.7 Å². The van der Waals surface area contributed by atoms with Gasteiger partial charge in [0.1, 0.15) is 0 Å². The summed E-state index contributed by atoms with van der Waals surface area (Å²) in [6.45, 7) is 1.92. The highest BCUT2D eigenvalue weighted by Gasteiger charge is 2.42. The maximum atomic E-state index is 13.0. The number of hydrogen-bond acceptors (Lipinski definition) is 5. The van der Waals surface area contributed by atoms with E-state index in [-0.39, 0.29) is 10.8 Å². The summed E-state index contributed by atoms with van der Waals surface area (Å²) >= 11 is 0. The Morgan fingerprint density at radius 2 is 1.80 bits per heavy atom. The summed E-state index contributed by atoms with van der Waals surface area (Å²) < 4.78 is 38.8. The van der Waals surface area contributed by atoms with Gasteiger partial charge in [0.05, 0.1) is 18.1 Å². The number of fused-ring (bicyclic) bond motifs is 1. The maximum Gasteiger partial charge on any atom is 0.243 e. The SMILES string of the molecule is O=C1CCCc2cc(S(=O)(=O)N3CCC4(CC3)OCCO4)ccc2N1. The number of amides is 1. The lowest BCUT2D eigenvalue weighted by Crippen LogP contribution is -2.47. The summed E-state index contributed by atoms with van der Waals surface area (Å²) in [6, 6.07) is 4.97. The molecule has 0 aliphatic carbocycles. The smallest absolute Gasteiger partial charge is 0.243 e. The Hall–Kier alpha value is -1.48. The predicted octanol–water partition coefficient (Wildman–Crippen LogP) is 1.49. The number of rotatable bonds is 2. The molecule has 1 aromatic rings. The molecule has 2 fully saturated rings. The minimum Gasteiger partial charge on any atom is -0.347 e. The van der Waals surface area contributed by atoms with E-state index in [2.05, 4.69) is 5.32 Å². The van der Waals surface area contributed by atoms with Crippen molar-refractivity contribution >= 4 is 21.6 Å². The van der Waals surface area contributed by atoms with Crippen LogP contribution in [0.5, 0.6) is 0 Å². The molecule has 0 saturated carbocycles. The standard InChI is InChI=1S/C17H22N2O5S/c20-16-3-1-2-13-12-14(4-5-15(13)18-16)25(21,22)19-8-6-17(7-9-19)23-10-11-24-17/h4-5,12H,1-3,6-11H2,(H,18,20). The zero-order chi connectivity index (χ0) is 17.5. The lowest BCUT2D eigenvalue weighted by molar-refractivity contribution is -0.179. The highest BCUT2D eigenvalue weighted by atomic mass is 32.2. The number of anilines is 1. The molecule has 7 nitrogen and oxygen atoms in total. The number of hydrogen-bond donors (Lipinski definition) is 1. The Balaban J connectivity index is 1.54. The summed E-state index contributed by atoms with van der Waals surface area (Å²) in [5.41, 5.74) is 1.59. The van der Waals surface area contributed by atoms with Crippen LogP contribution in [0.25, 0.3) is 0 Å². The molecule has 0 atom stereocenters. The van der Waals surface area contributed by atoms with Gasteiger partial charge in [0.2, 0.25) is 15.9 Å². The van der Waals surface area contributed by atoms with Crippen molar-refractivity contribution in [2.24, 2.45) is 0 Å². The van der Waals surface area contributed by atoms with Crippen LogP contribution in [0.15, 0.2) is 23.1 Å². The fourth-order valence-corrected chi connectivity index (χ4v) is 5.21. The van der Waals surface area contributed by atoms with Gasteiger partial charge in [-0.05, 0) is 36.6 Å². The molecule has 1 aromatic carbocycles. The van der Waals surface area contributed by atoms with Gasteiger partial charge in [0.25, 0.3) is 0 Å². The van der Waals surface area contributed by atoms with Crippen molar-refractivity contribution in [1.82, 2.24) is 4.31 Å². The summed E-state index contributed by atoms with van der Waals surface area (Å²) in [6.07, 6.45) is 2.98. The van der Waals surface area contributed by atoms with E-state index in [0.717, 1.165) is 12.0 Å². The van der Waals surface area contributed by atoms with Crippen LogP contribution >= 0.6 is 0 Å². The van der Waals surface area contributed by atoms with Crippen LogP contribution < -0.4 is 5.32 Å². The lowest BCUT2D eigenvalue weighted by atomic mass is 10.1. The molecule has 0 radical (unpaired) electrons. The van der Waals surface area contributed by atoms with Crippen LogP contribution in [0.1, 0.15) is 31.2 Å². The molecule has 3 aliphatic rings. The molecular formula is C17H22N2O5S. The van der Waals surface area contributed by atoms with Gasteiger partial charge < -0.3 is 14.8 Å². The molecule has 0 unspecified atom stereocenters. The zero-order valence-corrected chi connectivity index (χ0v) is 14.8. The number of piperidine rings is 1. The molecule has 136 valence electrons. The molecule has 25 heavy (non-hydrogen) atoms. The summed E-state index contributed by atoms with van der Waals surface area (Å²) in [7, 11) is -3.56. The van der Waals surface area contributed by atoms with E-state index >= 15 is 0 Å². The summed E-state index contributed by atoms with van der Waals surface area (Å²) in [4.78, 5) is 11.9. The second-order valence-electron chi connectivity index (χ2n) is 6.73. The Morgan fingerprint density at radius 3 is 2.52 bits per heavy atom. The number of nitrogens with one attached hydrogen (secondary N) is 1. The van der Waals surface area contributed by atoms with Crippen molar-refractivity contribution in [2.45, 2.75) is 42.8 Å². The molecule has 0 bridgehead atoms. The van der Waals surface area contributed by atoms with Gasteiger partial charge in [-0.2, -0.15) is 4.31 Å². The molecule has 3 heterocycles. The lowest BCUT2D eigenvalue weighted by Gasteiger charge is -2.36. The van der Waals surface area contributed by atoms with Gasteiger partial charge in [0.15, 0.2) is 5.79 Å². The molecule has 0 aromatic heterocycles. The Morgan fingerprint density at radius 1 is 1.08 bits per heavy atom. The van der Waals surface area contributed by atoms with Crippen molar-refractivity contribution in [2.75, 3.05) is 31.6 Å². The van der Waals surface area contributed by atoms with E-state index in [0.29, 0.717) is 57.7 Å². The van der Waals surface area contributed by atoms with Crippen molar-refractivity contribution in [1.29, 1.82) is 0 Å². The van der Waals surface area contributed by atoms with Crippen molar-refractivity contribution in [3.05, 3.63) is 23.8 Å². The molecule has 1 amide bonds. The van der Waals surface area contributed by atoms with E-state index in [1.807, 2.05) is 0 Å². The first-order chi connectivity index (χ1) is 12.0. The zero-order valence-electron chi connectivity index (χ0n) is 14.0. The predicted molar refractivity (Wildman–Crippen MR) is 90.6 cm³/mol. The summed E-state index contributed by atoms with van der Waals surface area (Å²) in [5, 5.41) is 2.83. The third-order valence-electron chi connectivity index (χ3n) is 5.14. The van der Waals surface area contributed by atoms with Gasteiger partial charge in [-0.15, -0.1) is 0 Å². The van der Waals surface area contributed by atoms with E-state index in [4.69, 9.17) is 9.47 Å². The molecular weight excluding hydrogens is 344 g/mol. The van der Waals surface area contributed by atoms with E-state index in [1.54, 1.807) is 18.2 Å². The third kappa shape index (κ3) is 3.19. The molecule has 4 rings (SSSR count). The van der Waals surface area contributed by atoms with Crippen molar-refractivity contribution < 1.29 is 22.7 Å². The van der Waals surface area contributed by atoms with Crippen LogP contribution in [0.4, 0.5) is 5.69 Å². The Labute approximate surface area is 147 Å². The minimum absolute atomic E-state index is 0.0211. The minimum atomic E-state index is -3.56. The highest BCUT2D eigenvalue weighted by Crippen LogP contribution is 2.34. The van der Waals surface area contributed by atoms with Gasteiger partial charge in [0, 0.05) is 38.0 Å². The number of benzene rings is 1. The van der Waals surface area contributed by atoms with E-state index in [1.165, 1.54) is 4.31 Å². The van der Waals surface area contributed by atoms with E-state index in [9.17, 15) is 13.2 Å². The fourth-order valence-electron chi connectivity index (χ4n) is 3.71. The number of carbonyl (C=O) groups excluding carboxylic acids is 1. The topological polar surface area (TPSA) is 84.9 Å². The quantitative estimate of drug-likeness (QED) is 0.857. The van der Waals surface area contributed by atoms with Gasteiger partial charge in [-0.1, -0.05) is 0 Å². The number of nitrogens with zero attached hydrogens (tertiary/aromatic N) is 1. The summed E-state index contributed by atoms with van der Waals surface area (Å²) in [5.74, 6) is -0.614. The highest BCUT2D eigenvalue weighted by molar-refractivity contribution is 7.89.